The van der Waals surface area contributed by atoms with Crippen molar-refractivity contribution in [3.05, 3.63) is 65.0 Å². The van der Waals surface area contributed by atoms with Gasteiger partial charge in [-0.1, -0.05) is 28.9 Å². The fourth-order valence-corrected chi connectivity index (χ4v) is 4.17. The number of nitrogens with one attached hydrogen (secondary N) is 1. The molecule has 1 N–H and O–H groups in total. The molecule has 0 radical (unpaired) electrons. The van der Waals surface area contributed by atoms with Crippen molar-refractivity contribution >= 4 is 33.2 Å². The topological polar surface area (TPSA) is 105 Å². The van der Waals surface area contributed by atoms with Crippen LogP contribution in [0.1, 0.15) is 12.8 Å². The monoisotopic (exact) mass is 470 g/mol. The molecule has 0 unspecified atom stereocenters. The number of halogens is 3. The van der Waals surface area contributed by atoms with Crippen molar-refractivity contribution in [2.75, 3.05) is 10.6 Å². The summed E-state index contributed by atoms with van der Waals surface area (Å²) in [5.41, 5.74) is 0.425. The van der Waals surface area contributed by atoms with Gasteiger partial charge in [-0.05, 0) is 31.2 Å². The Hall–Kier alpha value is -3.05. The lowest BCUT2D eigenvalue weighted by molar-refractivity contribution is -0.122. The fourth-order valence-electron chi connectivity index (χ4n) is 2.81. The maximum absolute atomic E-state index is 13.6. The first-order valence-corrected chi connectivity index (χ1v) is 11.1. The van der Waals surface area contributed by atoms with Crippen molar-refractivity contribution in [3.63, 3.8) is 0 Å². The summed E-state index contributed by atoms with van der Waals surface area (Å²) in [5.74, 6) is -2.74. The molecule has 0 aliphatic carbocycles. The summed E-state index contributed by atoms with van der Waals surface area (Å²) in [6.45, 7) is 1.13. The highest BCUT2D eigenvalue weighted by molar-refractivity contribution is 7.92. The molecular weight excluding hydrogens is 454 g/mol. The van der Waals surface area contributed by atoms with Crippen LogP contribution in [0.3, 0.4) is 0 Å². The summed E-state index contributed by atoms with van der Waals surface area (Å²) in [6, 6.07) is 8.06. The van der Waals surface area contributed by atoms with E-state index in [1.807, 2.05) is 0 Å². The normalized spacial score (nSPS) is 12.4. The predicted molar refractivity (Wildman–Crippen MR) is 110 cm³/mol. The average Bonchev–Trinajstić information content (AvgIpc) is 3.17. The zero-order valence-electron chi connectivity index (χ0n) is 16.3. The van der Waals surface area contributed by atoms with E-state index in [9.17, 15) is 22.0 Å². The third-order valence-electron chi connectivity index (χ3n) is 4.21. The maximum atomic E-state index is 13.6. The number of hydrogen-bond donors (Lipinski definition) is 1. The highest BCUT2D eigenvalue weighted by Crippen LogP contribution is 2.23. The lowest BCUT2D eigenvalue weighted by Crippen LogP contribution is -2.47. The van der Waals surface area contributed by atoms with Gasteiger partial charge in [-0.15, -0.1) is 0 Å². The Morgan fingerprint density at radius 3 is 2.61 bits per heavy atom. The van der Waals surface area contributed by atoms with E-state index >= 15 is 0 Å². The van der Waals surface area contributed by atoms with Gasteiger partial charge in [-0.3, -0.25) is 9.10 Å². The zero-order valence-corrected chi connectivity index (χ0v) is 17.9. The summed E-state index contributed by atoms with van der Waals surface area (Å²) >= 11 is 5.93. The number of rotatable bonds is 7. The second-order valence-corrected chi connectivity index (χ2v) is 8.87. The highest BCUT2D eigenvalue weighted by atomic mass is 35.5. The Kier molecular flexibility index (Phi) is 6.56. The summed E-state index contributed by atoms with van der Waals surface area (Å²) in [5, 5.41) is 6.79. The summed E-state index contributed by atoms with van der Waals surface area (Å²) < 4.78 is 57.0. The standard InChI is InChI=1S/C19H17ClF2N4O4S/c1-11(26(31(2,28)29)14-6-7-15(21)16(22)9-14)19(27)23-10-17-24-18(25-30-17)12-4-3-5-13(20)8-12/h3-9,11H,10H2,1-2H3,(H,23,27)/t11-/m1/s1. The molecule has 164 valence electrons. The van der Waals surface area contributed by atoms with Crippen molar-refractivity contribution in [1.82, 2.24) is 15.5 Å². The first-order valence-electron chi connectivity index (χ1n) is 8.87. The van der Waals surface area contributed by atoms with Crippen molar-refractivity contribution < 1.29 is 26.5 Å². The van der Waals surface area contributed by atoms with Crippen molar-refractivity contribution in [3.8, 4) is 11.4 Å². The van der Waals surface area contributed by atoms with Gasteiger partial charge in [0.25, 0.3) is 0 Å². The summed E-state index contributed by atoms with van der Waals surface area (Å²) in [4.78, 5) is 16.7. The second kappa shape index (κ2) is 8.98. The van der Waals surface area contributed by atoms with E-state index in [-0.39, 0.29) is 23.9 Å². The van der Waals surface area contributed by atoms with Crippen LogP contribution in [0.25, 0.3) is 11.4 Å². The number of benzene rings is 2. The number of hydrogen-bond acceptors (Lipinski definition) is 6. The minimum Gasteiger partial charge on any atom is -0.345 e. The minimum absolute atomic E-state index is 0.0780. The number of amides is 1. The molecule has 2 aromatic carbocycles. The number of aromatic nitrogens is 2. The smallest absolute Gasteiger partial charge is 0.246 e. The largest absolute Gasteiger partial charge is 0.345 e. The molecule has 0 bridgehead atoms. The third kappa shape index (κ3) is 5.36. The molecule has 3 aromatic rings. The molecule has 8 nitrogen and oxygen atoms in total. The molecule has 0 aliphatic rings. The van der Waals surface area contributed by atoms with E-state index < -0.39 is 33.6 Å². The molecule has 1 aromatic heterocycles. The van der Waals surface area contributed by atoms with Crippen LogP contribution in [0.2, 0.25) is 5.02 Å². The summed E-state index contributed by atoms with van der Waals surface area (Å²) in [6.07, 6.45) is 0.854. The fraction of sp³-hybridized carbons (Fsp3) is 0.211. The van der Waals surface area contributed by atoms with Crippen LogP contribution >= 0.6 is 11.6 Å². The second-order valence-electron chi connectivity index (χ2n) is 6.57. The first-order chi connectivity index (χ1) is 14.6. The van der Waals surface area contributed by atoms with E-state index in [0.717, 1.165) is 18.4 Å². The van der Waals surface area contributed by atoms with Gasteiger partial charge in [0, 0.05) is 16.7 Å². The van der Waals surface area contributed by atoms with E-state index in [1.165, 1.54) is 6.92 Å². The molecule has 1 atom stereocenters. The van der Waals surface area contributed by atoms with Gasteiger partial charge < -0.3 is 9.84 Å². The molecule has 3 rings (SSSR count). The Labute approximate surface area is 181 Å². The van der Waals surface area contributed by atoms with E-state index in [2.05, 4.69) is 15.5 Å². The van der Waals surface area contributed by atoms with Crippen LogP contribution in [0.5, 0.6) is 0 Å². The number of nitrogens with zero attached hydrogens (tertiary/aromatic N) is 3. The van der Waals surface area contributed by atoms with Gasteiger partial charge in [-0.25, -0.2) is 17.2 Å². The van der Waals surface area contributed by atoms with Gasteiger partial charge in [-0.2, -0.15) is 4.98 Å². The van der Waals surface area contributed by atoms with Crippen LogP contribution in [0.15, 0.2) is 47.0 Å². The van der Waals surface area contributed by atoms with Gasteiger partial charge in [0.15, 0.2) is 11.6 Å². The predicted octanol–water partition coefficient (Wildman–Crippen LogP) is 3.14. The number of carbonyl (C=O) groups is 1. The molecule has 1 heterocycles. The zero-order chi connectivity index (χ0) is 22.8. The molecule has 0 saturated carbocycles. The average molecular weight is 471 g/mol. The molecule has 31 heavy (non-hydrogen) atoms. The van der Waals surface area contributed by atoms with Gasteiger partial charge in [0.05, 0.1) is 18.5 Å². The van der Waals surface area contributed by atoms with Crippen LogP contribution in [0, 0.1) is 11.6 Å². The molecule has 0 spiro atoms. The maximum Gasteiger partial charge on any atom is 0.246 e. The molecule has 1 amide bonds. The number of sulfonamides is 1. The van der Waals surface area contributed by atoms with Crippen LogP contribution in [-0.2, 0) is 21.4 Å². The van der Waals surface area contributed by atoms with Gasteiger partial charge in [0.1, 0.15) is 6.04 Å². The minimum atomic E-state index is -3.99. The molecular formula is C19H17ClF2N4O4S. The van der Waals surface area contributed by atoms with E-state index in [1.54, 1.807) is 24.3 Å². The SMILES string of the molecule is C[C@H](C(=O)NCc1nc(-c2cccc(Cl)c2)no1)N(c1ccc(F)c(F)c1)S(C)(=O)=O. The lowest BCUT2D eigenvalue weighted by Gasteiger charge is -2.28. The lowest BCUT2D eigenvalue weighted by atomic mass is 10.2. The number of carbonyl (C=O) groups excluding carboxylic acids is 1. The first kappa shape index (κ1) is 22.6. The van der Waals surface area contributed by atoms with Gasteiger partial charge >= 0.3 is 0 Å². The van der Waals surface area contributed by atoms with Crippen molar-refractivity contribution in [2.24, 2.45) is 0 Å². The Bertz CT molecular complexity index is 1220. The van der Waals surface area contributed by atoms with E-state index in [4.69, 9.17) is 16.1 Å². The molecule has 0 fully saturated rings. The molecule has 12 heteroatoms. The Morgan fingerprint density at radius 2 is 1.97 bits per heavy atom. The van der Waals surface area contributed by atoms with Crippen molar-refractivity contribution in [2.45, 2.75) is 19.5 Å². The Balaban J connectivity index is 1.73. The highest BCUT2D eigenvalue weighted by Gasteiger charge is 2.30. The van der Waals surface area contributed by atoms with E-state index in [0.29, 0.717) is 21.0 Å². The van der Waals surface area contributed by atoms with Crippen LogP contribution < -0.4 is 9.62 Å². The summed E-state index contributed by atoms with van der Waals surface area (Å²) in [7, 11) is -3.99. The van der Waals surface area contributed by atoms with Gasteiger partial charge in [0.2, 0.25) is 27.6 Å². The third-order valence-corrected chi connectivity index (χ3v) is 5.69. The number of anilines is 1. The van der Waals surface area contributed by atoms with Crippen LogP contribution in [-0.4, -0.2) is 36.8 Å². The molecule has 0 aliphatic heterocycles. The van der Waals surface area contributed by atoms with Crippen molar-refractivity contribution in [1.29, 1.82) is 0 Å². The molecule has 0 saturated heterocycles. The quantitative estimate of drug-likeness (QED) is 0.568. The Morgan fingerprint density at radius 1 is 1.23 bits per heavy atom. The van der Waals surface area contributed by atoms with Crippen LogP contribution in [0.4, 0.5) is 14.5 Å².